The summed E-state index contributed by atoms with van der Waals surface area (Å²) in [6, 6.07) is 8.32. The minimum Gasteiger partial charge on any atom is -0.384 e. The lowest BCUT2D eigenvalue weighted by atomic mass is 9.94. The van der Waals surface area contributed by atoms with E-state index in [9.17, 15) is 18.3 Å². The number of hydrogen-bond acceptors (Lipinski definition) is 3. The van der Waals surface area contributed by atoms with Gasteiger partial charge in [-0.05, 0) is 36.8 Å². The minimum atomic E-state index is -4.46. The van der Waals surface area contributed by atoms with Gasteiger partial charge in [0.15, 0.2) is 0 Å². The van der Waals surface area contributed by atoms with E-state index in [0.717, 1.165) is 17.7 Å². The molecule has 4 nitrogen and oxygen atoms in total. The molecule has 7 heteroatoms. The van der Waals surface area contributed by atoms with Crippen molar-refractivity contribution < 1.29 is 18.3 Å². The molecule has 1 unspecified atom stereocenters. The topological polar surface area (TPSA) is 50.9 Å². The standard InChI is InChI=1S/C18H16F3N3O/c1-17(25,14-5-2-6-15(10-14)18(19,20)21)12-24-9-8-23-16(24)13-4-3-7-22-11-13/h2-11,25H,12H2,1H3. The Kier molecular flexibility index (Phi) is 4.34. The summed E-state index contributed by atoms with van der Waals surface area (Å²) in [4.78, 5) is 8.29. The van der Waals surface area contributed by atoms with Crippen molar-refractivity contribution in [1.29, 1.82) is 0 Å². The quantitative estimate of drug-likeness (QED) is 0.779. The van der Waals surface area contributed by atoms with E-state index >= 15 is 0 Å². The Labute approximate surface area is 142 Å². The third-order valence-corrected chi connectivity index (χ3v) is 3.93. The Morgan fingerprint density at radius 2 is 1.84 bits per heavy atom. The molecule has 3 rings (SSSR count). The summed E-state index contributed by atoms with van der Waals surface area (Å²) < 4.78 is 40.4. The Hall–Kier alpha value is -2.67. The molecule has 2 heterocycles. The first kappa shape index (κ1) is 17.2. The zero-order chi connectivity index (χ0) is 18.1. The van der Waals surface area contributed by atoms with Crippen molar-refractivity contribution in [3.8, 4) is 11.4 Å². The molecule has 0 aliphatic rings. The number of pyridine rings is 1. The smallest absolute Gasteiger partial charge is 0.384 e. The van der Waals surface area contributed by atoms with E-state index in [1.165, 1.54) is 19.1 Å². The first-order valence-corrected chi connectivity index (χ1v) is 7.59. The van der Waals surface area contributed by atoms with E-state index < -0.39 is 17.3 Å². The van der Waals surface area contributed by atoms with Crippen LogP contribution in [0.4, 0.5) is 13.2 Å². The average molecular weight is 347 g/mol. The van der Waals surface area contributed by atoms with Crippen LogP contribution in [0.15, 0.2) is 61.2 Å². The summed E-state index contributed by atoms with van der Waals surface area (Å²) in [6.45, 7) is 1.54. The van der Waals surface area contributed by atoms with Crippen LogP contribution in [0.25, 0.3) is 11.4 Å². The maximum atomic E-state index is 12.9. The molecule has 1 atom stereocenters. The maximum absolute atomic E-state index is 12.9. The SMILES string of the molecule is CC(O)(Cn1ccnc1-c1cccnc1)c1cccc(C(F)(F)F)c1. The van der Waals surface area contributed by atoms with Gasteiger partial charge in [0.05, 0.1) is 12.1 Å². The molecule has 0 radical (unpaired) electrons. The monoisotopic (exact) mass is 347 g/mol. The van der Waals surface area contributed by atoms with Gasteiger partial charge in [0.2, 0.25) is 0 Å². The number of halogens is 3. The second kappa shape index (κ2) is 6.33. The second-order valence-corrected chi connectivity index (χ2v) is 5.97. The molecule has 0 saturated heterocycles. The first-order chi connectivity index (χ1) is 11.8. The second-order valence-electron chi connectivity index (χ2n) is 5.97. The van der Waals surface area contributed by atoms with Crippen molar-refractivity contribution in [3.05, 3.63) is 72.3 Å². The van der Waals surface area contributed by atoms with E-state index in [1.54, 1.807) is 35.4 Å². The fourth-order valence-corrected chi connectivity index (χ4v) is 2.65. The highest BCUT2D eigenvalue weighted by molar-refractivity contribution is 5.53. The Bertz CT molecular complexity index is 857. The number of benzene rings is 1. The minimum absolute atomic E-state index is 0.0541. The molecule has 1 N–H and O–H groups in total. The predicted molar refractivity (Wildman–Crippen MR) is 86.5 cm³/mol. The molecular weight excluding hydrogens is 331 g/mol. The van der Waals surface area contributed by atoms with E-state index in [1.807, 2.05) is 6.07 Å². The predicted octanol–water partition coefficient (Wildman–Crippen LogP) is 3.87. The van der Waals surface area contributed by atoms with E-state index in [2.05, 4.69) is 9.97 Å². The number of hydrogen-bond donors (Lipinski definition) is 1. The highest BCUT2D eigenvalue weighted by Gasteiger charge is 2.33. The molecule has 0 aliphatic carbocycles. The Morgan fingerprint density at radius 1 is 1.08 bits per heavy atom. The van der Waals surface area contributed by atoms with Crippen molar-refractivity contribution in [1.82, 2.24) is 14.5 Å². The normalized spacial score (nSPS) is 14.3. The van der Waals surface area contributed by atoms with Gasteiger partial charge in [-0.1, -0.05) is 12.1 Å². The third-order valence-electron chi connectivity index (χ3n) is 3.93. The highest BCUT2D eigenvalue weighted by Crippen LogP contribution is 2.33. The number of rotatable bonds is 4. The molecule has 0 bridgehead atoms. The molecule has 0 fully saturated rings. The summed E-state index contributed by atoms with van der Waals surface area (Å²) in [5.41, 5.74) is -1.34. The largest absolute Gasteiger partial charge is 0.416 e. The fourth-order valence-electron chi connectivity index (χ4n) is 2.65. The lowest BCUT2D eigenvalue weighted by Crippen LogP contribution is -2.28. The van der Waals surface area contributed by atoms with Crippen LogP contribution < -0.4 is 0 Å². The molecular formula is C18H16F3N3O. The maximum Gasteiger partial charge on any atom is 0.416 e. The summed E-state index contributed by atoms with van der Waals surface area (Å²) in [5.74, 6) is 0.584. The van der Waals surface area contributed by atoms with Crippen LogP contribution >= 0.6 is 0 Å². The van der Waals surface area contributed by atoms with Gasteiger partial charge in [0.1, 0.15) is 11.4 Å². The van der Waals surface area contributed by atoms with Crippen LogP contribution in [-0.4, -0.2) is 19.6 Å². The number of imidazole rings is 1. The van der Waals surface area contributed by atoms with Gasteiger partial charge in [-0.15, -0.1) is 0 Å². The molecule has 130 valence electrons. The van der Waals surface area contributed by atoms with Crippen LogP contribution in [0, 0.1) is 0 Å². The zero-order valence-electron chi connectivity index (χ0n) is 13.4. The van der Waals surface area contributed by atoms with Gasteiger partial charge in [-0.25, -0.2) is 4.98 Å². The van der Waals surface area contributed by atoms with Crippen LogP contribution in [0.3, 0.4) is 0 Å². The Morgan fingerprint density at radius 3 is 2.52 bits per heavy atom. The third kappa shape index (κ3) is 3.71. The molecule has 3 aromatic rings. The van der Waals surface area contributed by atoms with Crippen molar-refractivity contribution in [3.63, 3.8) is 0 Å². The fraction of sp³-hybridized carbons (Fsp3) is 0.222. The van der Waals surface area contributed by atoms with Gasteiger partial charge in [-0.2, -0.15) is 13.2 Å². The van der Waals surface area contributed by atoms with Crippen molar-refractivity contribution in [2.75, 3.05) is 0 Å². The van der Waals surface area contributed by atoms with Crippen molar-refractivity contribution in [2.24, 2.45) is 0 Å². The van der Waals surface area contributed by atoms with Crippen LogP contribution in [0.5, 0.6) is 0 Å². The number of aliphatic hydroxyl groups is 1. The lowest BCUT2D eigenvalue weighted by Gasteiger charge is -2.26. The van der Waals surface area contributed by atoms with Gasteiger partial charge >= 0.3 is 6.18 Å². The van der Waals surface area contributed by atoms with Crippen molar-refractivity contribution >= 4 is 0 Å². The van der Waals surface area contributed by atoms with Crippen LogP contribution in [-0.2, 0) is 18.3 Å². The molecule has 0 amide bonds. The zero-order valence-corrected chi connectivity index (χ0v) is 13.4. The van der Waals surface area contributed by atoms with Gasteiger partial charge < -0.3 is 9.67 Å². The first-order valence-electron chi connectivity index (χ1n) is 7.59. The number of nitrogens with zero attached hydrogens (tertiary/aromatic N) is 3. The molecule has 0 aliphatic heterocycles. The van der Waals surface area contributed by atoms with Crippen LogP contribution in [0.1, 0.15) is 18.1 Å². The highest BCUT2D eigenvalue weighted by atomic mass is 19.4. The number of alkyl halides is 3. The molecule has 25 heavy (non-hydrogen) atoms. The molecule has 0 saturated carbocycles. The number of aromatic nitrogens is 3. The molecule has 2 aromatic heterocycles. The molecule has 0 spiro atoms. The summed E-state index contributed by atoms with van der Waals surface area (Å²) in [7, 11) is 0. The van der Waals surface area contributed by atoms with Crippen molar-refractivity contribution in [2.45, 2.75) is 25.2 Å². The van der Waals surface area contributed by atoms with E-state index in [4.69, 9.17) is 0 Å². The van der Waals surface area contributed by atoms with E-state index in [-0.39, 0.29) is 12.1 Å². The van der Waals surface area contributed by atoms with Crippen LogP contribution in [0.2, 0.25) is 0 Å². The average Bonchev–Trinajstić information content (AvgIpc) is 3.02. The Balaban J connectivity index is 1.92. The lowest BCUT2D eigenvalue weighted by molar-refractivity contribution is -0.137. The van der Waals surface area contributed by atoms with E-state index in [0.29, 0.717) is 5.82 Å². The van der Waals surface area contributed by atoms with Gasteiger partial charge in [0, 0.05) is 30.4 Å². The van der Waals surface area contributed by atoms with Gasteiger partial charge in [0.25, 0.3) is 0 Å². The summed E-state index contributed by atoms with van der Waals surface area (Å²) in [6.07, 6.45) is 2.06. The molecule has 1 aromatic carbocycles. The summed E-state index contributed by atoms with van der Waals surface area (Å²) >= 11 is 0. The summed E-state index contributed by atoms with van der Waals surface area (Å²) in [5, 5.41) is 10.8. The van der Waals surface area contributed by atoms with Gasteiger partial charge in [-0.3, -0.25) is 4.98 Å².